The highest BCUT2D eigenvalue weighted by Crippen LogP contribution is 2.33. The van der Waals surface area contributed by atoms with Crippen molar-refractivity contribution in [1.82, 2.24) is 0 Å². The molecule has 4 fully saturated rings. The molecular formula is C25H45NO19. The van der Waals surface area contributed by atoms with Crippen LogP contribution in [0, 0.1) is 0 Å². The number of hydrogen-bond donors (Lipinski definition) is 13. The van der Waals surface area contributed by atoms with Crippen LogP contribution in [0.3, 0.4) is 0 Å². The summed E-state index contributed by atoms with van der Waals surface area (Å²) in [4.78, 5) is 0. The number of hydrogen-bond acceptors (Lipinski definition) is 20. The van der Waals surface area contributed by atoms with E-state index in [0.29, 0.717) is 0 Å². The number of nitrogens with two attached hydrogens (primary N) is 1. The molecule has 0 radical (unpaired) electrons. The van der Waals surface area contributed by atoms with E-state index < -0.39 is 149 Å². The Bertz CT molecular complexity index is 918. The molecule has 20 atom stereocenters. The summed E-state index contributed by atoms with van der Waals surface area (Å²) in [6.45, 7) is -1.59. The van der Waals surface area contributed by atoms with Gasteiger partial charge in [0.25, 0.3) is 0 Å². The van der Waals surface area contributed by atoms with Crippen LogP contribution >= 0.6 is 0 Å². The lowest BCUT2D eigenvalue weighted by Crippen LogP contribution is -2.69. The molecule has 45 heavy (non-hydrogen) atoms. The van der Waals surface area contributed by atoms with Crippen molar-refractivity contribution < 1.29 is 94.4 Å². The van der Waals surface area contributed by atoms with Crippen molar-refractivity contribution in [3.8, 4) is 0 Å². The summed E-state index contributed by atoms with van der Waals surface area (Å²) in [6.07, 6.45) is -29.8. The first kappa shape index (κ1) is 37.0. The average Bonchev–Trinajstić information content (AvgIpc) is 3.03. The van der Waals surface area contributed by atoms with Gasteiger partial charge in [-0.1, -0.05) is 0 Å². The van der Waals surface area contributed by atoms with Crippen LogP contribution in [0.25, 0.3) is 0 Å². The SMILES string of the molecule is CC1OC(CO)[C@@H](O[C@@H]2OC(CO)[C@H](O)[C@H](O[C@@H]3OC(CO)[C@@H](O[C@@H]4OC(CO)[C@H](O)[C@H](O)C4O)[C@H](O)C3N)C2O)[C@H](O)C1O. The highest BCUT2D eigenvalue weighted by molar-refractivity contribution is 4.99. The van der Waals surface area contributed by atoms with Gasteiger partial charge < -0.3 is 100 Å². The third-order valence-electron chi connectivity index (χ3n) is 8.55. The Balaban J connectivity index is 1.48. The second kappa shape index (κ2) is 15.6. The zero-order valence-corrected chi connectivity index (χ0v) is 24.2. The standard InChI is InChI=1S/C25H45NO19/c1-6-12(31)17(36)21(9(4-29)39-6)44-25-19(38)22(14(33)8(3-28)41-25)45-23-11(26)15(34)20(10(5-30)42-23)43-24-18(37)16(35)13(32)7(2-27)40-24/h6-25,27-38H,2-5,26H2,1H3/t6?,7?,8?,9?,10?,11?,12?,13-,14-,15+,16-,17+,18?,19?,20+,21+,22-,23-,24-,25-/m0/s1. The molecule has 14 N–H and O–H groups in total. The summed E-state index contributed by atoms with van der Waals surface area (Å²) >= 11 is 0. The summed E-state index contributed by atoms with van der Waals surface area (Å²) in [6, 6.07) is -1.53. The lowest BCUT2D eigenvalue weighted by atomic mass is 9.94. The Morgan fingerprint density at radius 2 is 0.889 bits per heavy atom. The Morgan fingerprint density at radius 3 is 1.44 bits per heavy atom. The van der Waals surface area contributed by atoms with Gasteiger partial charge in [0.15, 0.2) is 18.9 Å². The van der Waals surface area contributed by atoms with Crippen LogP contribution in [0.1, 0.15) is 6.92 Å². The normalized spacial score (nSPS) is 52.9. The first-order chi connectivity index (χ1) is 21.3. The highest BCUT2D eigenvalue weighted by Gasteiger charge is 2.54. The number of rotatable bonds is 10. The molecule has 0 aromatic rings. The molecule has 0 amide bonds. The Morgan fingerprint density at radius 1 is 0.444 bits per heavy atom. The van der Waals surface area contributed by atoms with Gasteiger partial charge in [-0.25, -0.2) is 0 Å². The van der Waals surface area contributed by atoms with Gasteiger partial charge in [-0.15, -0.1) is 0 Å². The maximum Gasteiger partial charge on any atom is 0.187 e. The topological polar surface area (TPSA) is 333 Å². The van der Waals surface area contributed by atoms with Gasteiger partial charge >= 0.3 is 0 Å². The fourth-order valence-electron chi connectivity index (χ4n) is 5.79. The molecule has 264 valence electrons. The number of ether oxygens (including phenoxy) is 7. The molecule has 20 nitrogen and oxygen atoms in total. The maximum atomic E-state index is 11.1. The monoisotopic (exact) mass is 663 g/mol. The molecule has 4 aliphatic rings. The van der Waals surface area contributed by atoms with Gasteiger partial charge in [-0.2, -0.15) is 0 Å². The van der Waals surface area contributed by atoms with Gasteiger partial charge in [-0.05, 0) is 6.92 Å². The Hall–Kier alpha value is -0.800. The summed E-state index contributed by atoms with van der Waals surface area (Å²) in [5.41, 5.74) is 6.14. The second-order valence-electron chi connectivity index (χ2n) is 11.5. The highest BCUT2D eigenvalue weighted by atomic mass is 16.8. The minimum atomic E-state index is -1.89. The Kier molecular flexibility index (Phi) is 12.8. The lowest BCUT2D eigenvalue weighted by molar-refractivity contribution is -0.375. The molecular weight excluding hydrogens is 618 g/mol. The molecule has 4 heterocycles. The van der Waals surface area contributed by atoms with E-state index in [1.165, 1.54) is 6.92 Å². The summed E-state index contributed by atoms with van der Waals surface area (Å²) < 4.78 is 38.9. The van der Waals surface area contributed by atoms with Crippen LogP contribution < -0.4 is 5.73 Å². The third-order valence-corrected chi connectivity index (χ3v) is 8.55. The van der Waals surface area contributed by atoms with E-state index in [0.717, 1.165) is 0 Å². The molecule has 4 saturated heterocycles. The molecule has 0 bridgehead atoms. The van der Waals surface area contributed by atoms with Crippen molar-refractivity contribution in [2.24, 2.45) is 5.73 Å². The first-order valence-corrected chi connectivity index (χ1v) is 14.5. The van der Waals surface area contributed by atoms with E-state index in [-0.39, 0.29) is 0 Å². The summed E-state index contributed by atoms with van der Waals surface area (Å²) in [7, 11) is 0. The van der Waals surface area contributed by atoms with E-state index in [2.05, 4.69) is 0 Å². The van der Waals surface area contributed by atoms with Gasteiger partial charge in [0.05, 0.1) is 38.6 Å². The maximum absolute atomic E-state index is 11.1. The van der Waals surface area contributed by atoms with Gasteiger partial charge in [0.1, 0.15) is 91.6 Å². The van der Waals surface area contributed by atoms with Crippen LogP contribution in [0.4, 0.5) is 0 Å². The lowest BCUT2D eigenvalue weighted by Gasteiger charge is -2.49. The molecule has 0 saturated carbocycles. The predicted molar refractivity (Wildman–Crippen MR) is 139 cm³/mol. The van der Waals surface area contributed by atoms with Crippen molar-refractivity contribution in [3.05, 3.63) is 0 Å². The molecule has 4 rings (SSSR count). The zero-order chi connectivity index (χ0) is 33.3. The molecule has 9 unspecified atom stereocenters. The van der Waals surface area contributed by atoms with Crippen molar-refractivity contribution in [1.29, 1.82) is 0 Å². The number of aliphatic hydroxyl groups excluding tert-OH is 12. The summed E-state index contributed by atoms with van der Waals surface area (Å²) in [5, 5.41) is 123. The second-order valence-corrected chi connectivity index (χ2v) is 11.5. The van der Waals surface area contributed by atoms with Gasteiger partial charge in [0.2, 0.25) is 0 Å². The average molecular weight is 664 g/mol. The van der Waals surface area contributed by atoms with Crippen molar-refractivity contribution in [2.75, 3.05) is 26.4 Å². The van der Waals surface area contributed by atoms with E-state index in [1.54, 1.807) is 0 Å². The zero-order valence-electron chi connectivity index (χ0n) is 24.2. The largest absolute Gasteiger partial charge is 0.394 e. The molecule has 0 aromatic heterocycles. The van der Waals surface area contributed by atoms with Crippen LogP contribution in [0.2, 0.25) is 0 Å². The van der Waals surface area contributed by atoms with Crippen molar-refractivity contribution in [2.45, 2.75) is 129 Å². The van der Waals surface area contributed by atoms with E-state index >= 15 is 0 Å². The van der Waals surface area contributed by atoms with Crippen molar-refractivity contribution >= 4 is 0 Å². The quantitative estimate of drug-likeness (QED) is 0.103. The molecule has 0 aliphatic carbocycles. The first-order valence-electron chi connectivity index (χ1n) is 14.5. The Labute approximate surface area is 256 Å². The minimum Gasteiger partial charge on any atom is -0.394 e. The fraction of sp³-hybridized carbons (Fsp3) is 1.00. The molecule has 4 aliphatic heterocycles. The summed E-state index contributed by atoms with van der Waals surface area (Å²) in [5.74, 6) is 0. The molecule has 20 heteroatoms. The van der Waals surface area contributed by atoms with Gasteiger partial charge in [0, 0.05) is 0 Å². The molecule has 0 aromatic carbocycles. The van der Waals surface area contributed by atoms with Crippen LogP contribution in [-0.4, -0.2) is 210 Å². The minimum absolute atomic E-state index is 0.648. The van der Waals surface area contributed by atoms with Crippen molar-refractivity contribution in [3.63, 3.8) is 0 Å². The molecule has 0 spiro atoms. The predicted octanol–water partition coefficient (Wildman–Crippen LogP) is -8.71. The van der Waals surface area contributed by atoms with Crippen LogP contribution in [-0.2, 0) is 33.2 Å². The van der Waals surface area contributed by atoms with E-state index in [1.807, 2.05) is 0 Å². The van der Waals surface area contributed by atoms with Crippen LogP contribution in [0.15, 0.2) is 0 Å². The van der Waals surface area contributed by atoms with E-state index in [9.17, 15) is 61.3 Å². The van der Waals surface area contributed by atoms with E-state index in [4.69, 9.17) is 38.9 Å². The fourth-order valence-corrected chi connectivity index (χ4v) is 5.79. The smallest absolute Gasteiger partial charge is 0.187 e. The number of aliphatic hydroxyl groups is 12. The third kappa shape index (κ3) is 7.45. The van der Waals surface area contributed by atoms with Gasteiger partial charge in [-0.3, -0.25) is 0 Å². The van der Waals surface area contributed by atoms with Crippen LogP contribution in [0.5, 0.6) is 0 Å².